The van der Waals surface area contributed by atoms with Crippen molar-refractivity contribution < 1.29 is 0 Å². The molecule has 0 aliphatic heterocycles. The van der Waals surface area contributed by atoms with Gasteiger partial charge in [-0.3, -0.25) is 0 Å². The van der Waals surface area contributed by atoms with Crippen molar-refractivity contribution in [3.05, 3.63) is 18.3 Å². The molecule has 0 saturated heterocycles. The Morgan fingerprint density at radius 1 is 1.44 bits per heavy atom. The summed E-state index contributed by atoms with van der Waals surface area (Å²) in [5.41, 5.74) is 1.24. The van der Waals surface area contributed by atoms with Gasteiger partial charge in [0.2, 0.25) is 0 Å². The number of aromatic nitrogens is 1. The van der Waals surface area contributed by atoms with Gasteiger partial charge in [0.15, 0.2) is 0 Å². The number of pyridine rings is 1. The molecule has 4 heteroatoms. The van der Waals surface area contributed by atoms with E-state index in [2.05, 4.69) is 54.5 Å². The molecule has 0 radical (unpaired) electrons. The zero-order chi connectivity index (χ0) is 13.4. The topological polar surface area (TPSA) is 28.2 Å². The van der Waals surface area contributed by atoms with E-state index in [1.807, 2.05) is 18.0 Å². The maximum atomic E-state index is 4.35. The minimum atomic E-state index is 0.585. The first-order valence-corrected chi connectivity index (χ1v) is 8.04. The fraction of sp³-hybridized carbons (Fsp3) is 0.643. The molecule has 0 aliphatic carbocycles. The summed E-state index contributed by atoms with van der Waals surface area (Å²) >= 11 is 1.90. The Kier molecular flexibility index (Phi) is 6.94. The third-order valence-corrected chi connectivity index (χ3v) is 3.80. The van der Waals surface area contributed by atoms with E-state index >= 15 is 0 Å². The molecule has 1 N–H and O–H groups in total. The van der Waals surface area contributed by atoms with Crippen molar-refractivity contribution in [2.45, 2.75) is 32.7 Å². The average Bonchev–Trinajstić information content (AvgIpc) is 2.42. The van der Waals surface area contributed by atoms with E-state index in [0.717, 1.165) is 31.0 Å². The molecule has 0 bridgehead atoms. The predicted molar refractivity (Wildman–Crippen MR) is 83.9 cm³/mol. The zero-order valence-electron chi connectivity index (χ0n) is 11.9. The maximum absolute atomic E-state index is 4.35. The van der Waals surface area contributed by atoms with Gasteiger partial charge in [-0.05, 0) is 25.2 Å². The van der Waals surface area contributed by atoms with E-state index in [1.54, 1.807) is 0 Å². The Bertz CT molecular complexity index is 344. The van der Waals surface area contributed by atoms with Crippen molar-refractivity contribution in [2.24, 2.45) is 0 Å². The predicted octanol–water partition coefficient (Wildman–Crippen LogP) is 3.48. The fourth-order valence-electron chi connectivity index (χ4n) is 1.90. The molecule has 1 unspecified atom stereocenters. The number of nitrogens with zero attached hydrogens (tertiary/aromatic N) is 2. The second-order valence-corrected chi connectivity index (χ2v) is 5.37. The molecular formula is C14H25N3S. The van der Waals surface area contributed by atoms with Crippen LogP contribution in [0.2, 0.25) is 0 Å². The van der Waals surface area contributed by atoms with Crippen LogP contribution in [0.3, 0.4) is 0 Å². The summed E-state index contributed by atoms with van der Waals surface area (Å²) in [5.74, 6) is 2.13. The monoisotopic (exact) mass is 267 g/mol. The minimum absolute atomic E-state index is 0.585. The van der Waals surface area contributed by atoms with E-state index in [9.17, 15) is 0 Å². The molecule has 0 aromatic carbocycles. The first kappa shape index (κ1) is 15.2. The van der Waals surface area contributed by atoms with Gasteiger partial charge >= 0.3 is 0 Å². The largest absolute Gasteiger partial charge is 0.371 e. The van der Waals surface area contributed by atoms with E-state index < -0.39 is 0 Å². The highest BCUT2D eigenvalue weighted by atomic mass is 32.2. The Morgan fingerprint density at radius 2 is 2.22 bits per heavy atom. The Morgan fingerprint density at radius 3 is 2.83 bits per heavy atom. The molecule has 1 rings (SSSR count). The second-order valence-electron chi connectivity index (χ2n) is 4.45. The molecule has 3 nitrogen and oxygen atoms in total. The zero-order valence-corrected chi connectivity index (χ0v) is 12.8. The van der Waals surface area contributed by atoms with Crippen molar-refractivity contribution in [2.75, 3.05) is 35.8 Å². The number of rotatable bonds is 8. The van der Waals surface area contributed by atoms with Crippen LogP contribution in [0.25, 0.3) is 0 Å². The summed E-state index contributed by atoms with van der Waals surface area (Å²) in [6.07, 6.45) is 6.33. The van der Waals surface area contributed by atoms with Crippen molar-refractivity contribution in [3.8, 4) is 0 Å². The van der Waals surface area contributed by atoms with Gasteiger partial charge in [0.25, 0.3) is 0 Å². The van der Waals surface area contributed by atoms with Gasteiger partial charge in [0.1, 0.15) is 5.82 Å². The first-order chi connectivity index (χ1) is 8.72. The summed E-state index contributed by atoms with van der Waals surface area (Å²) in [5, 5.41) is 3.34. The summed E-state index contributed by atoms with van der Waals surface area (Å²) in [6.45, 7) is 5.38. The van der Waals surface area contributed by atoms with Crippen molar-refractivity contribution >= 4 is 23.3 Å². The average molecular weight is 267 g/mol. The lowest BCUT2D eigenvalue weighted by Gasteiger charge is -2.29. The van der Waals surface area contributed by atoms with Crippen LogP contribution in [0.15, 0.2) is 18.3 Å². The molecule has 0 fully saturated rings. The van der Waals surface area contributed by atoms with Gasteiger partial charge in [-0.1, -0.05) is 13.8 Å². The van der Waals surface area contributed by atoms with Crippen LogP contribution in [-0.4, -0.2) is 36.6 Å². The minimum Gasteiger partial charge on any atom is -0.371 e. The van der Waals surface area contributed by atoms with Gasteiger partial charge < -0.3 is 10.2 Å². The third kappa shape index (κ3) is 4.41. The highest BCUT2D eigenvalue weighted by Gasteiger charge is 2.13. The molecule has 1 aromatic rings. The smallest absolute Gasteiger partial charge is 0.127 e. The number of nitrogens with one attached hydrogen (secondary N) is 1. The van der Waals surface area contributed by atoms with E-state index in [1.165, 1.54) is 5.69 Å². The van der Waals surface area contributed by atoms with Gasteiger partial charge in [0, 0.05) is 43.3 Å². The van der Waals surface area contributed by atoms with Crippen LogP contribution in [0.1, 0.15) is 26.7 Å². The Labute approximate surface area is 115 Å². The van der Waals surface area contributed by atoms with Crippen molar-refractivity contribution in [3.63, 3.8) is 0 Å². The van der Waals surface area contributed by atoms with Crippen LogP contribution in [0.5, 0.6) is 0 Å². The van der Waals surface area contributed by atoms with Crippen LogP contribution in [-0.2, 0) is 0 Å². The summed E-state index contributed by atoms with van der Waals surface area (Å²) in [4.78, 5) is 6.70. The van der Waals surface area contributed by atoms with E-state index in [-0.39, 0.29) is 0 Å². The molecule has 0 aliphatic rings. The number of anilines is 2. The molecular weight excluding hydrogens is 242 g/mol. The lowest BCUT2D eigenvalue weighted by atomic mass is 10.2. The lowest BCUT2D eigenvalue weighted by molar-refractivity contribution is 0.673. The third-order valence-electron chi connectivity index (χ3n) is 3.08. The fourth-order valence-corrected chi connectivity index (χ4v) is 2.74. The number of hydrogen-bond acceptors (Lipinski definition) is 4. The van der Waals surface area contributed by atoms with Crippen LogP contribution < -0.4 is 10.2 Å². The Balaban J connectivity index is 2.74. The molecule has 1 atom stereocenters. The first-order valence-electron chi connectivity index (χ1n) is 6.64. The summed E-state index contributed by atoms with van der Waals surface area (Å²) < 4.78 is 0. The highest BCUT2D eigenvalue weighted by molar-refractivity contribution is 7.98. The molecule has 1 heterocycles. The molecule has 0 amide bonds. The van der Waals surface area contributed by atoms with Crippen molar-refractivity contribution in [1.29, 1.82) is 0 Å². The van der Waals surface area contributed by atoms with Crippen LogP contribution >= 0.6 is 11.8 Å². The normalized spacial score (nSPS) is 12.2. The van der Waals surface area contributed by atoms with E-state index in [0.29, 0.717) is 6.04 Å². The van der Waals surface area contributed by atoms with Gasteiger partial charge in [-0.15, -0.1) is 0 Å². The molecule has 0 spiro atoms. The van der Waals surface area contributed by atoms with E-state index in [4.69, 9.17) is 0 Å². The molecule has 0 saturated carbocycles. The van der Waals surface area contributed by atoms with Crippen molar-refractivity contribution in [1.82, 2.24) is 4.98 Å². The van der Waals surface area contributed by atoms with Gasteiger partial charge in [-0.25, -0.2) is 4.98 Å². The van der Waals surface area contributed by atoms with Crippen LogP contribution in [0.4, 0.5) is 11.5 Å². The van der Waals surface area contributed by atoms with Gasteiger partial charge in [0.05, 0.1) is 0 Å². The Hall–Kier alpha value is -0.900. The van der Waals surface area contributed by atoms with Crippen LogP contribution in [0, 0.1) is 0 Å². The quantitative estimate of drug-likeness (QED) is 0.780. The standard InChI is InChI=1S/C14H25N3S/c1-5-8-15-14-10-13(7-9-16-14)17(3)12(6-2)11-18-4/h7,9-10,12H,5-6,8,11H2,1-4H3,(H,15,16). The lowest BCUT2D eigenvalue weighted by Crippen LogP contribution is -2.33. The highest BCUT2D eigenvalue weighted by Crippen LogP contribution is 2.20. The number of hydrogen-bond donors (Lipinski definition) is 1. The molecule has 18 heavy (non-hydrogen) atoms. The molecule has 102 valence electrons. The second kappa shape index (κ2) is 8.25. The maximum Gasteiger partial charge on any atom is 0.127 e. The van der Waals surface area contributed by atoms with Gasteiger partial charge in [-0.2, -0.15) is 11.8 Å². The SMILES string of the molecule is CCCNc1cc(N(C)C(CC)CSC)ccn1. The summed E-state index contributed by atoms with van der Waals surface area (Å²) in [6, 6.07) is 4.81. The molecule has 1 aromatic heterocycles. The number of thioether (sulfide) groups is 1. The summed E-state index contributed by atoms with van der Waals surface area (Å²) in [7, 11) is 2.17.